The molecule has 2 heterocycles. The van der Waals surface area contributed by atoms with Crippen LogP contribution in [0.4, 0.5) is 11.4 Å². The summed E-state index contributed by atoms with van der Waals surface area (Å²) in [5.74, 6) is 0.506. The van der Waals surface area contributed by atoms with Crippen LogP contribution in [-0.4, -0.2) is 29.7 Å². The van der Waals surface area contributed by atoms with Crippen molar-refractivity contribution in [3.63, 3.8) is 0 Å². The zero-order chi connectivity index (χ0) is 14.8. The fourth-order valence-corrected chi connectivity index (χ4v) is 3.42. The minimum Gasteiger partial charge on any atom is -0.381 e. The molecule has 1 aromatic heterocycles. The Morgan fingerprint density at radius 2 is 2.24 bits per heavy atom. The van der Waals surface area contributed by atoms with E-state index in [0.29, 0.717) is 11.6 Å². The molecule has 1 aromatic carbocycles. The largest absolute Gasteiger partial charge is 0.381 e. The molecule has 0 atom stereocenters. The number of benzene rings is 1. The number of aryl methyl sites for hydroxylation is 1. The Bertz CT molecular complexity index is 665. The number of thiazole rings is 1. The molecule has 1 aliphatic rings. The lowest BCUT2D eigenvalue weighted by atomic mass is 10.0. The summed E-state index contributed by atoms with van der Waals surface area (Å²) < 4.78 is 6.19. The maximum absolute atomic E-state index is 11.3. The highest BCUT2D eigenvalue weighted by Gasteiger charge is 2.19. The SMILES string of the molecule is Cc1nc2cc(NCC3CCOCC3)c([N+](=O)[O-])cc2s1. The molecule has 112 valence electrons. The standard InChI is InChI=1S/C14H17N3O3S/c1-9-16-12-6-11(13(17(18)19)7-14(12)21-9)15-8-10-2-4-20-5-3-10/h6-7,10,15H,2-5,8H2,1H3. The van der Waals surface area contributed by atoms with E-state index >= 15 is 0 Å². The number of hydrogen-bond acceptors (Lipinski definition) is 6. The predicted molar refractivity (Wildman–Crippen MR) is 83.0 cm³/mol. The molecule has 1 fully saturated rings. The maximum atomic E-state index is 11.3. The summed E-state index contributed by atoms with van der Waals surface area (Å²) in [6.45, 7) is 4.20. The maximum Gasteiger partial charge on any atom is 0.293 e. The molecule has 1 N–H and O–H groups in total. The van der Waals surface area contributed by atoms with Gasteiger partial charge in [-0.1, -0.05) is 0 Å². The third-order valence-electron chi connectivity index (χ3n) is 3.73. The van der Waals surface area contributed by atoms with Crippen molar-refractivity contribution < 1.29 is 9.66 Å². The van der Waals surface area contributed by atoms with Crippen molar-refractivity contribution in [2.75, 3.05) is 25.1 Å². The first-order valence-electron chi connectivity index (χ1n) is 7.00. The van der Waals surface area contributed by atoms with Gasteiger partial charge in [0, 0.05) is 25.8 Å². The van der Waals surface area contributed by atoms with Gasteiger partial charge in [-0.15, -0.1) is 11.3 Å². The zero-order valence-corrected chi connectivity index (χ0v) is 12.6. The molecule has 3 rings (SSSR count). The lowest BCUT2D eigenvalue weighted by Crippen LogP contribution is -2.22. The molecule has 2 aromatic rings. The molecule has 0 unspecified atom stereocenters. The molecule has 0 bridgehead atoms. The van der Waals surface area contributed by atoms with E-state index in [1.54, 1.807) is 12.1 Å². The number of nitro benzene ring substituents is 1. The highest BCUT2D eigenvalue weighted by Crippen LogP contribution is 2.33. The van der Waals surface area contributed by atoms with Crippen LogP contribution in [0.1, 0.15) is 17.8 Å². The number of aromatic nitrogens is 1. The molecule has 0 aliphatic carbocycles. The number of nitrogens with zero attached hydrogens (tertiary/aromatic N) is 2. The fraction of sp³-hybridized carbons (Fsp3) is 0.500. The van der Waals surface area contributed by atoms with Crippen LogP contribution >= 0.6 is 11.3 Å². The van der Waals surface area contributed by atoms with Crippen LogP contribution in [0.5, 0.6) is 0 Å². The second kappa shape index (κ2) is 5.95. The lowest BCUT2D eigenvalue weighted by Gasteiger charge is -2.22. The quantitative estimate of drug-likeness (QED) is 0.692. The van der Waals surface area contributed by atoms with E-state index < -0.39 is 0 Å². The molecule has 1 aliphatic heterocycles. The van der Waals surface area contributed by atoms with Crippen molar-refractivity contribution >= 4 is 32.9 Å². The Morgan fingerprint density at radius 3 is 2.95 bits per heavy atom. The number of anilines is 1. The smallest absolute Gasteiger partial charge is 0.293 e. The first-order chi connectivity index (χ1) is 10.1. The number of rotatable bonds is 4. The highest BCUT2D eigenvalue weighted by molar-refractivity contribution is 7.18. The molecular formula is C14H17N3O3S. The Balaban J connectivity index is 1.84. The summed E-state index contributed by atoms with van der Waals surface area (Å²) >= 11 is 1.48. The second-order valence-corrected chi connectivity index (χ2v) is 6.50. The highest BCUT2D eigenvalue weighted by atomic mass is 32.1. The number of ether oxygens (including phenoxy) is 1. The Kier molecular flexibility index (Phi) is 4.03. The normalized spacial score (nSPS) is 16.2. The van der Waals surface area contributed by atoms with E-state index in [-0.39, 0.29) is 10.6 Å². The van der Waals surface area contributed by atoms with Crippen LogP contribution in [0.15, 0.2) is 12.1 Å². The van der Waals surface area contributed by atoms with Gasteiger partial charge >= 0.3 is 0 Å². The summed E-state index contributed by atoms with van der Waals surface area (Å²) in [5, 5.41) is 15.4. The molecule has 21 heavy (non-hydrogen) atoms. The topological polar surface area (TPSA) is 77.3 Å². The monoisotopic (exact) mass is 307 g/mol. The predicted octanol–water partition coefficient (Wildman–Crippen LogP) is 3.35. The summed E-state index contributed by atoms with van der Waals surface area (Å²) in [4.78, 5) is 15.3. The van der Waals surface area contributed by atoms with Crippen LogP contribution in [0.3, 0.4) is 0 Å². The van der Waals surface area contributed by atoms with Gasteiger partial charge < -0.3 is 10.1 Å². The minimum absolute atomic E-state index is 0.123. The average Bonchev–Trinajstić information content (AvgIpc) is 2.84. The molecule has 0 amide bonds. The van der Waals surface area contributed by atoms with Crippen LogP contribution < -0.4 is 5.32 Å². The number of nitrogens with one attached hydrogen (secondary N) is 1. The second-order valence-electron chi connectivity index (χ2n) is 5.26. The van der Waals surface area contributed by atoms with E-state index in [9.17, 15) is 10.1 Å². The fourth-order valence-electron chi connectivity index (χ4n) is 2.58. The van der Waals surface area contributed by atoms with E-state index in [0.717, 1.165) is 47.8 Å². The zero-order valence-electron chi connectivity index (χ0n) is 11.8. The van der Waals surface area contributed by atoms with Gasteiger partial charge in [-0.3, -0.25) is 10.1 Å². The third-order valence-corrected chi connectivity index (χ3v) is 4.67. The molecular weight excluding hydrogens is 290 g/mol. The van der Waals surface area contributed by atoms with Crippen molar-refractivity contribution in [1.82, 2.24) is 4.98 Å². The first kappa shape index (κ1) is 14.2. The minimum atomic E-state index is -0.333. The molecule has 1 saturated heterocycles. The van der Waals surface area contributed by atoms with Gasteiger partial charge in [-0.25, -0.2) is 4.98 Å². The summed E-state index contributed by atoms with van der Waals surface area (Å²) in [6, 6.07) is 3.41. The van der Waals surface area contributed by atoms with Crippen LogP contribution in [0.25, 0.3) is 10.2 Å². The van der Waals surface area contributed by atoms with Gasteiger partial charge in [-0.2, -0.15) is 0 Å². The molecule has 0 spiro atoms. The van der Waals surface area contributed by atoms with Crippen molar-refractivity contribution in [1.29, 1.82) is 0 Å². The summed E-state index contributed by atoms with van der Waals surface area (Å²) in [7, 11) is 0. The third kappa shape index (κ3) is 3.14. The number of nitro groups is 1. The van der Waals surface area contributed by atoms with Crippen molar-refractivity contribution in [3.05, 3.63) is 27.3 Å². The Hall–Kier alpha value is -1.73. The molecule has 7 heteroatoms. The van der Waals surface area contributed by atoms with Gasteiger partial charge in [-0.05, 0) is 31.7 Å². The van der Waals surface area contributed by atoms with E-state index in [2.05, 4.69) is 10.3 Å². The van der Waals surface area contributed by atoms with Gasteiger partial charge in [0.2, 0.25) is 0 Å². The first-order valence-corrected chi connectivity index (χ1v) is 7.82. The average molecular weight is 307 g/mol. The molecule has 0 saturated carbocycles. The van der Waals surface area contributed by atoms with Crippen LogP contribution in [0, 0.1) is 23.0 Å². The molecule has 0 radical (unpaired) electrons. The van der Waals surface area contributed by atoms with Crippen LogP contribution in [0.2, 0.25) is 0 Å². The van der Waals surface area contributed by atoms with Gasteiger partial charge in [0.25, 0.3) is 5.69 Å². The number of fused-ring (bicyclic) bond motifs is 1. The van der Waals surface area contributed by atoms with Gasteiger partial charge in [0.1, 0.15) is 5.69 Å². The summed E-state index contributed by atoms with van der Waals surface area (Å²) in [5.41, 5.74) is 1.50. The van der Waals surface area contributed by atoms with Crippen molar-refractivity contribution in [3.8, 4) is 0 Å². The van der Waals surface area contributed by atoms with Gasteiger partial charge in [0.15, 0.2) is 0 Å². The summed E-state index contributed by atoms with van der Waals surface area (Å²) in [6.07, 6.45) is 2.00. The lowest BCUT2D eigenvalue weighted by molar-refractivity contribution is -0.383. The van der Waals surface area contributed by atoms with Crippen molar-refractivity contribution in [2.45, 2.75) is 19.8 Å². The van der Waals surface area contributed by atoms with E-state index in [4.69, 9.17) is 4.74 Å². The van der Waals surface area contributed by atoms with Gasteiger partial charge in [0.05, 0.1) is 20.1 Å². The van der Waals surface area contributed by atoms with E-state index in [1.807, 2.05) is 6.92 Å². The number of hydrogen-bond donors (Lipinski definition) is 1. The Labute approximate surface area is 126 Å². The Morgan fingerprint density at radius 1 is 1.48 bits per heavy atom. The molecule has 6 nitrogen and oxygen atoms in total. The van der Waals surface area contributed by atoms with Crippen LogP contribution in [-0.2, 0) is 4.74 Å². The van der Waals surface area contributed by atoms with Crippen molar-refractivity contribution in [2.24, 2.45) is 5.92 Å². The van der Waals surface area contributed by atoms with E-state index in [1.165, 1.54) is 11.3 Å².